The Morgan fingerprint density at radius 3 is 2.25 bits per heavy atom. The second kappa shape index (κ2) is 12.5. The summed E-state index contributed by atoms with van der Waals surface area (Å²) in [5.41, 5.74) is 1.19. The van der Waals surface area contributed by atoms with Crippen molar-refractivity contribution in [2.75, 3.05) is 25.4 Å². The number of ketones is 1. The van der Waals surface area contributed by atoms with Gasteiger partial charge in [-0.2, -0.15) is 4.31 Å². The number of carbonyl (C=O) groups excluding carboxylic acids is 2. The van der Waals surface area contributed by atoms with Crippen molar-refractivity contribution in [3.05, 3.63) is 64.9 Å². The van der Waals surface area contributed by atoms with E-state index in [9.17, 15) is 18.0 Å². The first-order chi connectivity index (χ1) is 17.2. The number of nitrogens with one attached hydrogen (secondary N) is 1. The number of hydrogen-bond acceptors (Lipinski definition) is 7. The maximum Gasteiger partial charge on any atom is 0.243 e. The molecule has 3 rings (SSSR count). The molecule has 192 valence electrons. The lowest BCUT2D eigenvalue weighted by Gasteiger charge is -2.18. The van der Waals surface area contributed by atoms with Gasteiger partial charge in [-0.3, -0.25) is 14.2 Å². The number of benzene rings is 2. The van der Waals surface area contributed by atoms with E-state index in [4.69, 9.17) is 11.6 Å². The van der Waals surface area contributed by atoms with Crippen LogP contribution in [0, 0.1) is 0 Å². The summed E-state index contributed by atoms with van der Waals surface area (Å²) in [6.45, 7) is 6.15. The van der Waals surface area contributed by atoms with Crippen molar-refractivity contribution in [3.63, 3.8) is 0 Å². The van der Waals surface area contributed by atoms with Gasteiger partial charge >= 0.3 is 0 Å². The second-order valence-electron chi connectivity index (χ2n) is 7.77. The van der Waals surface area contributed by atoms with Crippen molar-refractivity contribution in [2.45, 2.75) is 37.2 Å². The average Bonchev–Trinajstić information content (AvgIpc) is 3.26. The lowest BCUT2D eigenvalue weighted by molar-refractivity contribution is -0.118. The summed E-state index contributed by atoms with van der Waals surface area (Å²) in [6, 6.07) is 13.1. The fourth-order valence-electron chi connectivity index (χ4n) is 3.49. The van der Waals surface area contributed by atoms with Gasteiger partial charge in [0.25, 0.3) is 0 Å². The fourth-order valence-corrected chi connectivity index (χ4v) is 5.94. The molecule has 0 spiro atoms. The number of aromatic nitrogens is 3. The number of sulfonamides is 1. The molecule has 9 nitrogen and oxygen atoms in total. The Labute approximate surface area is 220 Å². The Balaban J connectivity index is 1.77. The van der Waals surface area contributed by atoms with Crippen LogP contribution < -0.4 is 5.32 Å². The number of rotatable bonds is 12. The molecular formula is C24H28ClN5O4S2. The Bertz CT molecular complexity index is 1310. The number of hydrogen-bond donors (Lipinski definition) is 1. The van der Waals surface area contributed by atoms with Crippen molar-refractivity contribution in [3.8, 4) is 5.69 Å². The van der Waals surface area contributed by atoms with Gasteiger partial charge in [0.1, 0.15) is 5.82 Å². The van der Waals surface area contributed by atoms with E-state index < -0.39 is 10.0 Å². The molecule has 12 heteroatoms. The van der Waals surface area contributed by atoms with Gasteiger partial charge in [-0.05, 0) is 36.4 Å². The molecule has 3 aromatic rings. The topological polar surface area (TPSA) is 114 Å². The highest BCUT2D eigenvalue weighted by atomic mass is 35.5. The van der Waals surface area contributed by atoms with Gasteiger partial charge in [0.15, 0.2) is 10.9 Å². The molecule has 0 saturated carbocycles. The lowest BCUT2D eigenvalue weighted by atomic mass is 10.1. The number of amides is 1. The number of carbonyl (C=O) groups is 2. The third-order valence-electron chi connectivity index (χ3n) is 5.36. The van der Waals surface area contributed by atoms with E-state index in [0.717, 1.165) is 5.69 Å². The monoisotopic (exact) mass is 549 g/mol. The number of thioether (sulfide) groups is 1. The van der Waals surface area contributed by atoms with Gasteiger partial charge < -0.3 is 5.32 Å². The SMILES string of the molecule is CCN(CC)S(=O)(=O)c1ccc(C(=O)CSc2nnc(CCNC(C)=O)n2-c2ccc(Cl)cc2)cc1. The first kappa shape index (κ1) is 27.9. The minimum absolute atomic E-state index is 0.0829. The maximum absolute atomic E-state index is 12.9. The Kier molecular flexibility index (Phi) is 9.66. The highest BCUT2D eigenvalue weighted by Gasteiger charge is 2.22. The second-order valence-corrected chi connectivity index (χ2v) is 11.1. The first-order valence-corrected chi connectivity index (χ1v) is 14.2. The van der Waals surface area contributed by atoms with Crippen molar-refractivity contribution >= 4 is 45.1 Å². The molecule has 0 aliphatic rings. The molecule has 1 heterocycles. The van der Waals surface area contributed by atoms with E-state index in [1.807, 2.05) is 16.7 Å². The van der Waals surface area contributed by atoms with E-state index in [2.05, 4.69) is 15.5 Å². The summed E-state index contributed by atoms with van der Waals surface area (Å²) in [7, 11) is -3.59. The maximum atomic E-state index is 12.9. The largest absolute Gasteiger partial charge is 0.356 e. The summed E-state index contributed by atoms with van der Waals surface area (Å²) in [5, 5.41) is 12.4. The summed E-state index contributed by atoms with van der Waals surface area (Å²) in [4.78, 5) is 24.3. The molecule has 0 bridgehead atoms. The normalized spacial score (nSPS) is 11.6. The van der Waals surface area contributed by atoms with Crippen molar-refractivity contribution in [2.24, 2.45) is 0 Å². The highest BCUT2D eigenvalue weighted by Crippen LogP contribution is 2.25. The van der Waals surface area contributed by atoms with E-state index in [1.54, 1.807) is 26.0 Å². The van der Waals surface area contributed by atoms with Crippen molar-refractivity contribution in [1.29, 1.82) is 0 Å². The zero-order valence-corrected chi connectivity index (χ0v) is 22.7. The molecule has 2 aromatic carbocycles. The van der Waals surface area contributed by atoms with Crippen molar-refractivity contribution < 1.29 is 18.0 Å². The molecule has 0 fully saturated rings. The summed E-state index contributed by atoms with van der Waals surface area (Å²) in [5.74, 6) is 0.410. The van der Waals surface area contributed by atoms with Crippen LogP contribution in [0.25, 0.3) is 5.69 Å². The van der Waals surface area contributed by atoms with Crippen LogP contribution in [0.1, 0.15) is 37.0 Å². The molecule has 0 aliphatic heterocycles. The van der Waals surface area contributed by atoms with Crippen LogP contribution in [0.2, 0.25) is 5.02 Å². The highest BCUT2D eigenvalue weighted by molar-refractivity contribution is 7.99. The Morgan fingerprint density at radius 1 is 1.03 bits per heavy atom. The zero-order chi connectivity index (χ0) is 26.3. The van der Waals surface area contributed by atoms with E-state index in [0.29, 0.717) is 47.6 Å². The zero-order valence-electron chi connectivity index (χ0n) is 20.3. The molecule has 0 radical (unpaired) electrons. The quantitative estimate of drug-likeness (QED) is 0.271. The molecule has 1 aromatic heterocycles. The first-order valence-electron chi connectivity index (χ1n) is 11.4. The fraction of sp³-hybridized carbons (Fsp3) is 0.333. The van der Waals surface area contributed by atoms with Gasteiger partial charge in [0.05, 0.1) is 10.6 Å². The molecule has 36 heavy (non-hydrogen) atoms. The third kappa shape index (κ3) is 6.73. The summed E-state index contributed by atoms with van der Waals surface area (Å²) < 4.78 is 28.6. The molecule has 1 amide bonds. The number of halogens is 1. The minimum atomic E-state index is -3.59. The Hall–Kier alpha value is -2.73. The summed E-state index contributed by atoms with van der Waals surface area (Å²) >= 11 is 7.26. The van der Waals surface area contributed by atoms with Gasteiger partial charge in [-0.25, -0.2) is 8.42 Å². The molecule has 1 N–H and O–H groups in total. The number of Topliss-reactive ketones (excluding diaryl/α,β-unsaturated/α-hetero) is 1. The lowest BCUT2D eigenvalue weighted by Crippen LogP contribution is -2.30. The average molecular weight is 550 g/mol. The van der Waals surface area contributed by atoms with Crippen LogP contribution in [-0.2, 0) is 21.2 Å². The predicted octanol–water partition coefficient (Wildman–Crippen LogP) is 3.60. The van der Waals surface area contributed by atoms with E-state index in [-0.39, 0.29) is 22.3 Å². The van der Waals surface area contributed by atoms with Crippen LogP contribution in [0.5, 0.6) is 0 Å². The van der Waals surface area contributed by atoms with Crippen LogP contribution in [0.15, 0.2) is 58.6 Å². The molecule has 0 aliphatic carbocycles. The molecule has 0 atom stereocenters. The standard InChI is InChI=1S/C24H28ClN5O4S2/c1-4-29(5-2)36(33,34)21-12-6-18(7-13-21)22(32)16-35-24-28-27-23(14-15-26-17(3)31)30(24)20-10-8-19(25)9-11-20/h6-13H,4-5,14-16H2,1-3H3,(H,26,31). The van der Waals surface area contributed by atoms with Crippen LogP contribution in [-0.4, -0.2) is 64.6 Å². The van der Waals surface area contributed by atoms with Gasteiger partial charge in [0, 0.05) is 49.3 Å². The van der Waals surface area contributed by atoms with Crippen LogP contribution in [0.4, 0.5) is 0 Å². The van der Waals surface area contributed by atoms with E-state index >= 15 is 0 Å². The predicted molar refractivity (Wildman–Crippen MR) is 140 cm³/mol. The number of nitrogens with zero attached hydrogens (tertiary/aromatic N) is 4. The van der Waals surface area contributed by atoms with Gasteiger partial charge in [-0.15, -0.1) is 10.2 Å². The molecule has 0 saturated heterocycles. The third-order valence-corrected chi connectivity index (χ3v) is 8.60. The smallest absolute Gasteiger partial charge is 0.243 e. The van der Waals surface area contributed by atoms with Crippen molar-refractivity contribution in [1.82, 2.24) is 24.4 Å². The summed E-state index contributed by atoms with van der Waals surface area (Å²) in [6.07, 6.45) is 0.451. The van der Waals surface area contributed by atoms with Crippen LogP contribution >= 0.6 is 23.4 Å². The van der Waals surface area contributed by atoms with E-state index in [1.165, 1.54) is 47.3 Å². The molecular weight excluding hydrogens is 522 g/mol. The Morgan fingerprint density at radius 2 is 1.67 bits per heavy atom. The molecule has 0 unspecified atom stereocenters. The van der Waals surface area contributed by atoms with Gasteiger partial charge in [0.2, 0.25) is 15.9 Å². The minimum Gasteiger partial charge on any atom is -0.356 e. The van der Waals surface area contributed by atoms with Crippen LogP contribution in [0.3, 0.4) is 0 Å². The van der Waals surface area contributed by atoms with Gasteiger partial charge in [-0.1, -0.05) is 49.3 Å².